The Morgan fingerprint density at radius 2 is 1.84 bits per heavy atom. The number of rotatable bonds is 4. The van der Waals surface area contributed by atoms with E-state index in [-0.39, 0.29) is 5.91 Å². The van der Waals surface area contributed by atoms with Crippen LogP contribution in [0, 0.1) is 13.8 Å². The van der Waals surface area contributed by atoms with Crippen molar-refractivity contribution in [3.63, 3.8) is 0 Å². The van der Waals surface area contributed by atoms with Crippen molar-refractivity contribution in [2.45, 2.75) is 26.8 Å². The number of benzene rings is 3. The number of amides is 1. The largest absolute Gasteiger partial charge is 0.496 e. The number of ether oxygens (including phenoxy) is 1. The molecule has 0 spiro atoms. The summed E-state index contributed by atoms with van der Waals surface area (Å²) in [6.45, 7) is 5.89. The van der Waals surface area contributed by atoms with Gasteiger partial charge in [-0.15, -0.1) is 0 Å². The summed E-state index contributed by atoms with van der Waals surface area (Å²) in [6.07, 6.45) is 0. The van der Waals surface area contributed by atoms with Crippen LogP contribution in [0.4, 0.5) is 5.69 Å². The highest BCUT2D eigenvalue weighted by molar-refractivity contribution is 7.80. The Morgan fingerprint density at radius 3 is 2.58 bits per heavy atom. The molecule has 0 bridgehead atoms. The minimum Gasteiger partial charge on any atom is -0.496 e. The van der Waals surface area contributed by atoms with E-state index in [1.54, 1.807) is 7.11 Å². The first-order valence-corrected chi connectivity index (χ1v) is 10.5. The fourth-order valence-electron chi connectivity index (χ4n) is 4.11. The van der Waals surface area contributed by atoms with Gasteiger partial charge in [-0.05, 0) is 61.5 Å². The van der Waals surface area contributed by atoms with Gasteiger partial charge < -0.3 is 20.7 Å². The van der Waals surface area contributed by atoms with E-state index in [1.165, 1.54) is 0 Å². The maximum atomic E-state index is 13.5. The van der Waals surface area contributed by atoms with Crippen molar-refractivity contribution in [1.82, 2.24) is 10.6 Å². The third kappa shape index (κ3) is 3.99. The highest BCUT2D eigenvalue weighted by atomic mass is 32.1. The van der Waals surface area contributed by atoms with Crippen LogP contribution in [0.1, 0.15) is 29.7 Å². The van der Waals surface area contributed by atoms with Crippen LogP contribution < -0.4 is 20.7 Å². The molecule has 0 aromatic heterocycles. The number of aryl methyl sites for hydroxylation is 2. The van der Waals surface area contributed by atoms with E-state index in [2.05, 4.69) is 22.0 Å². The zero-order valence-corrected chi connectivity index (χ0v) is 18.8. The fraction of sp³-hybridized carbons (Fsp3) is 0.200. The van der Waals surface area contributed by atoms with Gasteiger partial charge in [-0.25, -0.2) is 0 Å². The Bertz CT molecular complexity index is 1230. The van der Waals surface area contributed by atoms with Gasteiger partial charge in [0.1, 0.15) is 5.75 Å². The van der Waals surface area contributed by atoms with Crippen LogP contribution in [0.5, 0.6) is 5.75 Å². The Morgan fingerprint density at radius 1 is 1.06 bits per heavy atom. The van der Waals surface area contributed by atoms with E-state index < -0.39 is 6.04 Å². The number of nitrogens with one attached hydrogen (secondary N) is 3. The lowest BCUT2D eigenvalue weighted by atomic mass is 9.90. The molecular weight excluding hydrogens is 406 g/mol. The fourth-order valence-corrected chi connectivity index (χ4v) is 4.38. The third-order valence-corrected chi connectivity index (χ3v) is 5.80. The summed E-state index contributed by atoms with van der Waals surface area (Å²) in [6, 6.07) is 17.5. The number of hydrogen-bond donors (Lipinski definition) is 3. The SMILES string of the molecule is COc1ccc2ccccc2c1[C@H]1NC(=S)NC(C)=C1C(=O)Nc1ccc(C)cc1C. The van der Waals surface area contributed by atoms with Gasteiger partial charge in [0.2, 0.25) is 0 Å². The molecule has 31 heavy (non-hydrogen) atoms. The number of carbonyl (C=O) groups excluding carboxylic acids is 1. The van der Waals surface area contributed by atoms with Crippen LogP contribution in [0.15, 0.2) is 65.9 Å². The number of fused-ring (bicyclic) bond motifs is 1. The van der Waals surface area contributed by atoms with Gasteiger partial charge in [0.25, 0.3) is 5.91 Å². The van der Waals surface area contributed by atoms with Gasteiger partial charge in [-0.3, -0.25) is 4.79 Å². The summed E-state index contributed by atoms with van der Waals surface area (Å²) in [5, 5.41) is 12.0. The second-order valence-electron chi connectivity index (χ2n) is 7.75. The van der Waals surface area contributed by atoms with E-state index in [4.69, 9.17) is 17.0 Å². The summed E-state index contributed by atoms with van der Waals surface area (Å²) < 4.78 is 5.70. The lowest BCUT2D eigenvalue weighted by molar-refractivity contribution is -0.113. The van der Waals surface area contributed by atoms with Gasteiger partial charge in [0.15, 0.2) is 5.11 Å². The Labute approximate surface area is 187 Å². The molecule has 0 saturated carbocycles. The van der Waals surface area contributed by atoms with E-state index in [1.807, 2.05) is 69.3 Å². The molecule has 6 heteroatoms. The molecule has 1 amide bonds. The number of anilines is 1. The molecule has 1 atom stereocenters. The summed E-state index contributed by atoms with van der Waals surface area (Å²) in [7, 11) is 1.64. The summed E-state index contributed by atoms with van der Waals surface area (Å²) >= 11 is 5.44. The molecule has 1 aliphatic rings. The highest BCUT2D eigenvalue weighted by Crippen LogP contribution is 2.38. The number of methoxy groups -OCH3 is 1. The molecule has 0 saturated heterocycles. The van der Waals surface area contributed by atoms with Crippen LogP contribution in [0.2, 0.25) is 0 Å². The van der Waals surface area contributed by atoms with Crippen LogP contribution in [-0.4, -0.2) is 18.1 Å². The van der Waals surface area contributed by atoms with Crippen molar-refractivity contribution in [2.75, 3.05) is 12.4 Å². The second-order valence-corrected chi connectivity index (χ2v) is 8.15. The Kier molecular flexibility index (Phi) is 5.65. The molecule has 1 aliphatic heterocycles. The summed E-state index contributed by atoms with van der Waals surface area (Å²) in [5.41, 5.74) is 5.12. The highest BCUT2D eigenvalue weighted by Gasteiger charge is 2.33. The van der Waals surface area contributed by atoms with Gasteiger partial charge in [-0.1, -0.05) is 48.0 Å². The molecule has 3 aromatic rings. The van der Waals surface area contributed by atoms with Crippen molar-refractivity contribution in [1.29, 1.82) is 0 Å². The average molecular weight is 432 g/mol. The standard InChI is InChI=1S/C25H25N3O2S/c1-14-9-11-19(15(2)13-14)27-24(29)21-16(3)26-25(31)28-23(21)22-18-8-6-5-7-17(18)10-12-20(22)30-4/h5-13,23H,1-4H3,(H,27,29)(H2,26,28,31)/t23-/m0/s1. The molecule has 158 valence electrons. The third-order valence-electron chi connectivity index (χ3n) is 5.58. The molecule has 0 radical (unpaired) electrons. The molecule has 0 fully saturated rings. The quantitative estimate of drug-likeness (QED) is 0.513. The number of hydrogen-bond acceptors (Lipinski definition) is 3. The van der Waals surface area contributed by atoms with Crippen LogP contribution in [0.25, 0.3) is 10.8 Å². The van der Waals surface area contributed by atoms with E-state index >= 15 is 0 Å². The Balaban J connectivity index is 1.83. The molecule has 0 unspecified atom stereocenters. The predicted octanol–water partition coefficient (Wildman–Crippen LogP) is 4.90. The van der Waals surface area contributed by atoms with Crippen molar-refractivity contribution in [3.05, 3.63) is 82.6 Å². The first-order valence-electron chi connectivity index (χ1n) is 10.1. The predicted molar refractivity (Wildman–Crippen MR) is 129 cm³/mol. The van der Waals surface area contributed by atoms with Crippen LogP contribution >= 0.6 is 12.2 Å². The molecule has 3 N–H and O–H groups in total. The minimum absolute atomic E-state index is 0.188. The topological polar surface area (TPSA) is 62.4 Å². The minimum atomic E-state index is -0.458. The zero-order valence-electron chi connectivity index (χ0n) is 18.0. The van der Waals surface area contributed by atoms with Gasteiger partial charge in [0, 0.05) is 16.9 Å². The van der Waals surface area contributed by atoms with Crippen LogP contribution in [-0.2, 0) is 4.79 Å². The number of thiocarbonyl (C=S) groups is 1. The van der Waals surface area contributed by atoms with Crippen molar-refractivity contribution >= 4 is 39.7 Å². The second kappa shape index (κ2) is 8.40. The molecular formula is C25H25N3O2S. The lowest BCUT2D eigenvalue weighted by Gasteiger charge is -2.32. The molecule has 0 aliphatic carbocycles. The van der Waals surface area contributed by atoms with E-state index in [0.717, 1.165) is 33.2 Å². The molecule has 4 rings (SSSR count). The van der Waals surface area contributed by atoms with Gasteiger partial charge >= 0.3 is 0 Å². The van der Waals surface area contributed by atoms with E-state index in [0.29, 0.717) is 22.1 Å². The smallest absolute Gasteiger partial charge is 0.255 e. The van der Waals surface area contributed by atoms with Crippen molar-refractivity contribution < 1.29 is 9.53 Å². The maximum absolute atomic E-state index is 13.5. The number of carbonyl (C=O) groups is 1. The van der Waals surface area contributed by atoms with Gasteiger partial charge in [-0.2, -0.15) is 0 Å². The number of allylic oxidation sites excluding steroid dienone is 1. The lowest BCUT2D eigenvalue weighted by Crippen LogP contribution is -2.46. The maximum Gasteiger partial charge on any atom is 0.255 e. The molecule has 3 aromatic carbocycles. The zero-order chi connectivity index (χ0) is 22.1. The average Bonchev–Trinajstić information content (AvgIpc) is 2.74. The first-order chi connectivity index (χ1) is 14.9. The van der Waals surface area contributed by atoms with E-state index in [9.17, 15) is 4.79 Å². The van der Waals surface area contributed by atoms with Gasteiger partial charge in [0.05, 0.1) is 18.7 Å². The van der Waals surface area contributed by atoms with Crippen molar-refractivity contribution in [3.8, 4) is 5.75 Å². The molecule has 1 heterocycles. The normalized spacial score (nSPS) is 16.0. The molecule has 5 nitrogen and oxygen atoms in total. The monoisotopic (exact) mass is 431 g/mol. The van der Waals surface area contributed by atoms with Crippen LogP contribution in [0.3, 0.4) is 0 Å². The Hall–Kier alpha value is -3.38. The summed E-state index contributed by atoms with van der Waals surface area (Å²) in [4.78, 5) is 13.5. The van der Waals surface area contributed by atoms with Crippen molar-refractivity contribution in [2.24, 2.45) is 0 Å². The first kappa shape index (κ1) is 20.9. The summed E-state index contributed by atoms with van der Waals surface area (Å²) in [5.74, 6) is 0.512.